The van der Waals surface area contributed by atoms with Crippen LogP contribution in [0.3, 0.4) is 0 Å². The molecule has 0 saturated carbocycles. The van der Waals surface area contributed by atoms with Gasteiger partial charge in [0, 0.05) is 35.8 Å². The van der Waals surface area contributed by atoms with E-state index in [9.17, 15) is 9.59 Å². The summed E-state index contributed by atoms with van der Waals surface area (Å²) in [5.74, 6) is 0.471. The molecule has 0 aliphatic rings. The largest absolute Gasteiger partial charge is 0.484 e. The lowest BCUT2D eigenvalue weighted by atomic mass is 10.2. The van der Waals surface area contributed by atoms with Crippen molar-refractivity contribution in [2.45, 2.75) is 20.3 Å². The maximum absolute atomic E-state index is 12.1. The smallest absolute Gasteiger partial charge is 0.258 e. The molecule has 7 heteroatoms. The summed E-state index contributed by atoms with van der Waals surface area (Å²) in [6.45, 7) is 4.19. The summed E-state index contributed by atoms with van der Waals surface area (Å²) in [4.78, 5) is 29.0. The SMILES string of the molecule is Cc1ccc(OCC(=O)NCCc2csc3nc(C)cc(=O)n23)cc1. The van der Waals surface area contributed by atoms with E-state index in [1.54, 1.807) is 11.3 Å². The molecule has 0 unspecified atom stereocenters. The number of rotatable bonds is 6. The minimum Gasteiger partial charge on any atom is -0.484 e. The van der Waals surface area contributed by atoms with E-state index in [4.69, 9.17) is 4.74 Å². The van der Waals surface area contributed by atoms with Crippen LogP contribution in [0, 0.1) is 13.8 Å². The summed E-state index contributed by atoms with van der Waals surface area (Å²) in [5, 5.41) is 4.70. The second kappa shape index (κ2) is 7.48. The van der Waals surface area contributed by atoms with E-state index in [0.717, 1.165) is 11.3 Å². The Morgan fingerprint density at radius 1 is 1.28 bits per heavy atom. The Morgan fingerprint density at radius 2 is 2.04 bits per heavy atom. The van der Waals surface area contributed by atoms with Crippen molar-refractivity contribution in [2.24, 2.45) is 0 Å². The van der Waals surface area contributed by atoms with E-state index in [-0.39, 0.29) is 18.1 Å². The minimum absolute atomic E-state index is 0.0336. The van der Waals surface area contributed by atoms with Crippen molar-refractivity contribution in [2.75, 3.05) is 13.2 Å². The van der Waals surface area contributed by atoms with Crippen LogP contribution >= 0.6 is 11.3 Å². The molecule has 3 aromatic rings. The van der Waals surface area contributed by atoms with Crippen LogP contribution in [0.25, 0.3) is 4.96 Å². The fourth-order valence-electron chi connectivity index (χ4n) is 2.42. The monoisotopic (exact) mass is 357 g/mol. The summed E-state index contributed by atoms with van der Waals surface area (Å²) in [6, 6.07) is 9.05. The summed E-state index contributed by atoms with van der Waals surface area (Å²) < 4.78 is 7.03. The molecular weight excluding hydrogens is 338 g/mol. The normalized spacial score (nSPS) is 10.8. The van der Waals surface area contributed by atoms with E-state index < -0.39 is 0 Å². The zero-order valence-electron chi connectivity index (χ0n) is 14.1. The number of carbonyl (C=O) groups excluding carboxylic acids is 1. The average Bonchev–Trinajstić information content (AvgIpc) is 2.97. The maximum Gasteiger partial charge on any atom is 0.258 e. The first-order valence-electron chi connectivity index (χ1n) is 7.96. The molecule has 130 valence electrons. The Labute approximate surface area is 149 Å². The molecule has 2 heterocycles. The van der Waals surface area contributed by atoms with Crippen LogP contribution < -0.4 is 15.6 Å². The van der Waals surface area contributed by atoms with Crippen LogP contribution in [-0.4, -0.2) is 28.4 Å². The first-order chi connectivity index (χ1) is 12.0. The summed E-state index contributed by atoms with van der Waals surface area (Å²) in [5.41, 5.74) is 2.60. The second-order valence-corrected chi connectivity index (χ2v) is 6.62. The summed E-state index contributed by atoms with van der Waals surface area (Å²) >= 11 is 1.42. The van der Waals surface area contributed by atoms with Gasteiger partial charge in [-0.1, -0.05) is 17.7 Å². The highest BCUT2D eigenvalue weighted by Gasteiger charge is 2.08. The molecular formula is C18H19N3O3S. The fraction of sp³-hybridized carbons (Fsp3) is 0.278. The third-order valence-corrected chi connectivity index (χ3v) is 4.57. The van der Waals surface area contributed by atoms with Crippen molar-refractivity contribution in [1.29, 1.82) is 0 Å². The average molecular weight is 357 g/mol. The van der Waals surface area contributed by atoms with Gasteiger partial charge >= 0.3 is 0 Å². The van der Waals surface area contributed by atoms with Crippen molar-refractivity contribution in [3.8, 4) is 5.75 Å². The lowest BCUT2D eigenvalue weighted by Crippen LogP contribution is -2.31. The van der Waals surface area contributed by atoms with Crippen LogP contribution in [0.1, 0.15) is 17.0 Å². The molecule has 0 saturated heterocycles. The maximum atomic E-state index is 12.1. The minimum atomic E-state index is -0.193. The summed E-state index contributed by atoms with van der Waals surface area (Å²) in [7, 11) is 0. The Bertz CT molecular complexity index is 944. The van der Waals surface area contributed by atoms with Crippen molar-refractivity contribution in [3.63, 3.8) is 0 Å². The molecule has 0 radical (unpaired) electrons. The van der Waals surface area contributed by atoms with Crippen molar-refractivity contribution >= 4 is 22.2 Å². The third-order valence-electron chi connectivity index (χ3n) is 3.70. The standard InChI is InChI=1S/C18H19N3O3S/c1-12-3-5-15(6-4-12)24-10-16(22)19-8-7-14-11-25-18-20-13(2)9-17(23)21(14)18/h3-6,9,11H,7-8,10H2,1-2H3,(H,19,22). The van der Waals surface area contributed by atoms with E-state index in [1.165, 1.54) is 17.4 Å². The number of aromatic nitrogens is 2. The number of amides is 1. The quantitative estimate of drug-likeness (QED) is 0.733. The van der Waals surface area contributed by atoms with Crippen molar-refractivity contribution in [1.82, 2.24) is 14.7 Å². The molecule has 0 bridgehead atoms. The number of benzene rings is 1. The van der Waals surface area contributed by atoms with Crippen LogP contribution in [0.5, 0.6) is 5.75 Å². The third kappa shape index (κ3) is 4.24. The molecule has 3 rings (SSSR count). The van der Waals surface area contributed by atoms with Crippen LogP contribution in [0.2, 0.25) is 0 Å². The Kier molecular flexibility index (Phi) is 5.14. The van der Waals surface area contributed by atoms with Gasteiger partial charge in [-0.3, -0.25) is 14.0 Å². The molecule has 25 heavy (non-hydrogen) atoms. The molecule has 1 aromatic carbocycles. The number of nitrogens with zero attached hydrogens (tertiary/aromatic N) is 2. The topological polar surface area (TPSA) is 72.7 Å². The highest BCUT2D eigenvalue weighted by molar-refractivity contribution is 7.15. The predicted molar refractivity (Wildman–Crippen MR) is 97.5 cm³/mol. The van der Waals surface area contributed by atoms with E-state index >= 15 is 0 Å². The number of ether oxygens (including phenoxy) is 1. The van der Waals surface area contributed by atoms with Gasteiger partial charge in [-0.05, 0) is 26.0 Å². The lowest BCUT2D eigenvalue weighted by Gasteiger charge is -2.07. The Hall–Kier alpha value is -2.67. The zero-order chi connectivity index (χ0) is 17.8. The van der Waals surface area contributed by atoms with Crippen molar-refractivity contribution < 1.29 is 9.53 Å². The second-order valence-electron chi connectivity index (χ2n) is 5.78. The Morgan fingerprint density at radius 3 is 2.80 bits per heavy atom. The first kappa shape index (κ1) is 17.2. The first-order valence-corrected chi connectivity index (χ1v) is 8.84. The van der Waals surface area contributed by atoms with Gasteiger partial charge in [0.25, 0.3) is 11.5 Å². The molecule has 0 aliphatic carbocycles. The number of carbonyl (C=O) groups is 1. The number of nitrogens with one attached hydrogen (secondary N) is 1. The van der Waals surface area contributed by atoms with Gasteiger partial charge in [-0.25, -0.2) is 4.98 Å². The number of thiazole rings is 1. The Balaban J connectivity index is 1.52. The number of hydrogen-bond acceptors (Lipinski definition) is 5. The van der Waals surface area contributed by atoms with Gasteiger partial charge in [0.05, 0.1) is 0 Å². The van der Waals surface area contributed by atoms with Crippen molar-refractivity contribution in [3.05, 3.63) is 63.0 Å². The van der Waals surface area contributed by atoms with Gasteiger partial charge in [0.15, 0.2) is 11.6 Å². The molecule has 0 spiro atoms. The summed E-state index contributed by atoms with van der Waals surface area (Å²) in [6.07, 6.45) is 0.556. The van der Waals surface area contributed by atoms with Gasteiger partial charge in [-0.2, -0.15) is 0 Å². The van der Waals surface area contributed by atoms with E-state index in [2.05, 4.69) is 10.3 Å². The van der Waals surface area contributed by atoms with Gasteiger partial charge in [0.1, 0.15) is 5.75 Å². The van der Waals surface area contributed by atoms with E-state index in [1.807, 2.05) is 36.6 Å². The zero-order valence-corrected chi connectivity index (χ0v) is 14.9. The number of fused-ring (bicyclic) bond motifs is 1. The molecule has 2 aromatic heterocycles. The molecule has 6 nitrogen and oxygen atoms in total. The molecule has 0 fully saturated rings. The van der Waals surface area contributed by atoms with Crippen LogP contribution in [-0.2, 0) is 11.2 Å². The molecule has 1 amide bonds. The fourth-order valence-corrected chi connectivity index (χ4v) is 3.40. The number of aryl methyl sites for hydroxylation is 2. The highest BCUT2D eigenvalue weighted by Crippen LogP contribution is 2.13. The van der Waals surface area contributed by atoms with Gasteiger partial charge in [-0.15, -0.1) is 11.3 Å². The number of hydrogen-bond donors (Lipinski definition) is 1. The molecule has 1 N–H and O–H groups in total. The lowest BCUT2D eigenvalue weighted by molar-refractivity contribution is -0.123. The van der Waals surface area contributed by atoms with Crippen LogP contribution in [0.4, 0.5) is 0 Å². The highest BCUT2D eigenvalue weighted by atomic mass is 32.1. The van der Waals surface area contributed by atoms with Crippen LogP contribution in [0.15, 0.2) is 40.5 Å². The predicted octanol–water partition coefficient (Wildman–Crippen LogP) is 2.11. The molecule has 0 aliphatic heterocycles. The molecule has 0 atom stereocenters. The van der Waals surface area contributed by atoms with Gasteiger partial charge in [0.2, 0.25) is 0 Å². The van der Waals surface area contributed by atoms with Gasteiger partial charge < -0.3 is 10.1 Å². The van der Waals surface area contributed by atoms with E-state index in [0.29, 0.717) is 29.4 Å².